The average molecular weight is 243 g/mol. The molecule has 0 aliphatic carbocycles. The molecular formula is C12H21NO4. The van der Waals surface area contributed by atoms with Gasteiger partial charge in [0.15, 0.2) is 0 Å². The zero-order chi connectivity index (χ0) is 13.1. The van der Waals surface area contributed by atoms with Crippen molar-refractivity contribution < 1.29 is 19.4 Å². The molecule has 1 saturated heterocycles. The van der Waals surface area contributed by atoms with Crippen molar-refractivity contribution in [2.24, 2.45) is 5.41 Å². The molecule has 1 unspecified atom stereocenters. The summed E-state index contributed by atoms with van der Waals surface area (Å²) >= 11 is 0. The van der Waals surface area contributed by atoms with Crippen LogP contribution in [-0.4, -0.2) is 48.2 Å². The number of carboxylic acid groups (broad SMARTS) is 1. The van der Waals surface area contributed by atoms with Crippen molar-refractivity contribution in [1.29, 1.82) is 0 Å². The summed E-state index contributed by atoms with van der Waals surface area (Å²) in [6.07, 6.45) is 1.13. The number of hydrogen-bond acceptors (Lipinski definition) is 3. The van der Waals surface area contributed by atoms with E-state index in [9.17, 15) is 9.59 Å². The van der Waals surface area contributed by atoms with Crippen LogP contribution in [0.1, 0.15) is 33.1 Å². The van der Waals surface area contributed by atoms with Gasteiger partial charge >= 0.3 is 5.97 Å². The molecule has 1 N–H and O–H groups in total. The Labute approximate surface area is 102 Å². The molecule has 1 amide bonds. The first-order valence-corrected chi connectivity index (χ1v) is 5.87. The Balaban J connectivity index is 2.49. The molecule has 0 aromatic heterocycles. The van der Waals surface area contributed by atoms with E-state index in [-0.39, 0.29) is 24.8 Å². The maximum atomic E-state index is 12.0. The number of ether oxygens (including phenoxy) is 1. The second-order valence-electron chi connectivity index (χ2n) is 5.43. The normalized spacial score (nSPS) is 20.3. The van der Waals surface area contributed by atoms with Crippen LogP contribution in [0.2, 0.25) is 0 Å². The number of likely N-dealkylation sites (N-methyl/N-ethyl adjacent to an activating group) is 1. The lowest BCUT2D eigenvalue weighted by molar-refractivity contribution is -0.140. The first-order chi connectivity index (χ1) is 7.82. The van der Waals surface area contributed by atoms with Crippen molar-refractivity contribution in [3.05, 3.63) is 0 Å². The van der Waals surface area contributed by atoms with E-state index >= 15 is 0 Å². The summed E-state index contributed by atoms with van der Waals surface area (Å²) < 4.78 is 5.24. The molecule has 5 nitrogen and oxygen atoms in total. The zero-order valence-electron chi connectivity index (χ0n) is 10.7. The van der Waals surface area contributed by atoms with Crippen LogP contribution >= 0.6 is 0 Å². The van der Waals surface area contributed by atoms with Gasteiger partial charge in [0.1, 0.15) is 0 Å². The van der Waals surface area contributed by atoms with Gasteiger partial charge in [-0.1, -0.05) is 13.8 Å². The van der Waals surface area contributed by atoms with Crippen LogP contribution in [0.5, 0.6) is 0 Å². The number of hydrogen-bond donors (Lipinski definition) is 1. The lowest BCUT2D eigenvalue weighted by atomic mass is 9.85. The van der Waals surface area contributed by atoms with Crippen molar-refractivity contribution >= 4 is 11.9 Å². The van der Waals surface area contributed by atoms with Gasteiger partial charge < -0.3 is 14.7 Å². The van der Waals surface area contributed by atoms with Crippen LogP contribution in [0.25, 0.3) is 0 Å². The van der Waals surface area contributed by atoms with Crippen LogP contribution in [0, 0.1) is 5.41 Å². The Morgan fingerprint density at radius 3 is 2.53 bits per heavy atom. The Morgan fingerprint density at radius 1 is 1.41 bits per heavy atom. The molecule has 0 bridgehead atoms. The molecule has 1 heterocycles. The van der Waals surface area contributed by atoms with Gasteiger partial charge in [-0.3, -0.25) is 9.59 Å². The number of carbonyl (C=O) groups is 2. The number of rotatable bonds is 5. The second-order valence-corrected chi connectivity index (χ2v) is 5.43. The SMILES string of the molecule is CN(C(=O)CC(C)(C)CC(=O)O)C1CCOC1. The maximum absolute atomic E-state index is 12.0. The highest BCUT2D eigenvalue weighted by atomic mass is 16.5. The van der Waals surface area contributed by atoms with Gasteiger partial charge in [-0.2, -0.15) is 0 Å². The van der Waals surface area contributed by atoms with E-state index in [1.165, 1.54) is 0 Å². The van der Waals surface area contributed by atoms with Gasteiger partial charge in [-0.15, -0.1) is 0 Å². The topological polar surface area (TPSA) is 66.8 Å². The summed E-state index contributed by atoms with van der Waals surface area (Å²) in [4.78, 5) is 24.4. The van der Waals surface area contributed by atoms with Crippen molar-refractivity contribution in [2.45, 2.75) is 39.2 Å². The van der Waals surface area contributed by atoms with E-state index in [0.717, 1.165) is 6.42 Å². The minimum absolute atomic E-state index is 0.00764. The molecule has 1 rings (SSSR count). The van der Waals surface area contributed by atoms with E-state index in [1.54, 1.807) is 25.8 Å². The summed E-state index contributed by atoms with van der Waals surface area (Å²) in [5.41, 5.74) is -0.503. The molecular weight excluding hydrogens is 222 g/mol. The quantitative estimate of drug-likeness (QED) is 0.786. The van der Waals surface area contributed by atoms with Crippen LogP contribution in [0.4, 0.5) is 0 Å². The summed E-state index contributed by atoms with van der Waals surface area (Å²) in [6.45, 7) is 4.89. The third-order valence-corrected chi connectivity index (χ3v) is 3.11. The fourth-order valence-corrected chi connectivity index (χ4v) is 2.04. The minimum Gasteiger partial charge on any atom is -0.481 e. The molecule has 17 heavy (non-hydrogen) atoms. The molecule has 0 aromatic carbocycles. The Kier molecular flexibility index (Phi) is 4.51. The summed E-state index contributed by atoms with van der Waals surface area (Å²) in [5.74, 6) is -0.874. The van der Waals surface area contributed by atoms with E-state index < -0.39 is 11.4 Å². The van der Waals surface area contributed by atoms with Gasteiger partial charge in [0.05, 0.1) is 19.1 Å². The van der Waals surface area contributed by atoms with Gasteiger partial charge in [0, 0.05) is 20.1 Å². The first-order valence-electron chi connectivity index (χ1n) is 5.87. The van der Waals surface area contributed by atoms with E-state index in [2.05, 4.69) is 0 Å². The molecule has 0 aromatic rings. The van der Waals surface area contributed by atoms with Crippen LogP contribution < -0.4 is 0 Å². The largest absolute Gasteiger partial charge is 0.481 e. The Bertz CT molecular complexity index is 295. The van der Waals surface area contributed by atoms with Crippen molar-refractivity contribution in [3.8, 4) is 0 Å². The zero-order valence-corrected chi connectivity index (χ0v) is 10.7. The summed E-state index contributed by atoms with van der Waals surface area (Å²) in [5, 5.41) is 8.77. The lowest BCUT2D eigenvalue weighted by Crippen LogP contribution is -2.39. The van der Waals surface area contributed by atoms with Gasteiger partial charge in [-0.25, -0.2) is 0 Å². The second kappa shape index (κ2) is 5.49. The van der Waals surface area contributed by atoms with Gasteiger partial charge in [0.2, 0.25) is 5.91 Å². The molecule has 1 atom stereocenters. The lowest BCUT2D eigenvalue weighted by Gasteiger charge is -2.28. The predicted octanol–water partition coefficient (Wildman–Crippen LogP) is 1.12. The molecule has 5 heteroatoms. The fourth-order valence-electron chi connectivity index (χ4n) is 2.04. The van der Waals surface area contributed by atoms with Crippen LogP contribution in [0.15, 0.2) is 0 Å². The minimum atomic E-state index is -0.866. The third-order valence-electron chi connectivity index (χ3n) is 3.11. The molecule has 0 radical (unpaired) electrons. The average Bonchev–Trinajstić information content (AvgIpc) is 2.65. The number of amides is 1. The summed E-state index contributed by atoms with van der Waals surface area (Å²) in [6, 6.07) is 0.142. The van der Waals surface area contributed by atoms with Crippen molar-refractivity contribution in [1.82, 2.24) is 4.90 Å². The van der Waals surface area contributed by atoms with Gasteiger partial charge in [0.25, 0.3) is 0 Å². The smallest absolute Gasteiger partial charge is 0.303 e. The number of carboxylic acids is 1. The molecule has 1 aliphatic heterocycles. The Morgan fingerprint density at radius 2 is 2.06 bits per heavy atom. The molecule has 1 aliphatic rings. The number of aliphatic carboxylic acids is 1. The fraction of sp³-hybridized carbons (Fsp3) is 0.833. The highest BCUT2D eigenvalue weighted by molar-refractivity contribution is 5.78. The van der Waals surface area contributed by atoms with E-state index in [0.29, 0.717) is 13.2 Å². The molecule has 0 saturated carbocycles. The van der Waals surface area contributed by atoms with Crippen LogP contribution in [0.3, 0.4) is 0 Å². The maximum Gasteiger partial charge on any atom is 0.303 e. The molecule has 1 fully saturated rings. The Hall–Kier alpha value is -1.10. The van der Waals surface area contributed by atoms with Crippen LogP contribution in [-0.2, 0) is 14.3 Å². The molecule has 98 valence electrons. The first kappa shape index (κ1) is 14.0. The highest BCUT2D eigenvalue weighted by Crippen LogP contribution is 2.26. The van der Waals surface area contributed by atoms with Crippen molar-refractivity contribution in [2.75, 3.05) is 20.3 Å². The van der Waals surface area contributed by atoms with E-state index in [1.807, 2.05) is 0 Å². The predicted molar refractivity (Wildman–Crippen MR) is 62.6 cm³/mol. The number of nitrogens with zero attached hydrogens (tertiary/aromatic N) is 1. The monoisotopic (exact) mass is 243 g/mol. The molecule has 0 spiro atoms. The standard InChI is InChI=1S/C12H21NO4/c1-12(2,7-11(15)16)6-10(14)13(3)9-4-5-17-8-9/h9H,4-8H2,1-3H3,(H,15,16). The van der Waals surface area contributed by atoms with E-state index in [4.69, 9.17) is 9.84 Å². The third kappa shape index (κ3) is 4.34. The summed E-state index contributed by atoms with van der Waals surface area (Å²) in [7, 11) is 1.76. The number of carbonyl (C=O) groups excluding carboxylic acids is 1. The van der Waals surface area contributed by atoms with Crippen molar-refractivity contribution in [3.63, 3.8) is 0 Å². The highest BCUT2D eigenvalue weighted by Gasteiger charge is 2.30. The van der Waals surface area contributed by atoms with Gasteiger partial charge in [-0.05, 0) is 11.8 Å².